The minimum absolute atomic E-state index is 0.309. The molecule has 4 heteroatoms. The molecule has 0 aliphatic rings. The van der Waals surface area contributed by atoms with Gasteiger partial charge in [0.25, 0.3) is 0 Å². The van der Waals surface area contributed by atoms with Crippen LogP contribution in [-0.2, 0) is 12.1 Å². The summed E-state index contributed by atoms with van der Waals surface area (Å²) in [7, 11) is 1.66. The van der Waals surface area contributed by atoms with Gasteiger partial charge in [0.1, 0.15) is 5.75 Å². The number of methoxy groups -OCH3 is 1. The van der Waals surface area contributed by atoms with Crippen LogP contribution in [0.4, 0.5) is 0 Å². The van der Waals surface area contributed by atoms with Crippen LogP contribution < -0.4 is 10.1 Å². The second-order valence-corrected chi connectivity index (χ2v) is 5.85. The molecule has 2 aromatic rings. The molecule has 0 aliphatic heterocycles. The van der Waals surface area contributed by atoms with E-state index < -0.39 is 0 Å². The predicted octanol–water partition coefficient (Wildman–Crippen LogP) is 4.59. The summed E-state index contributed by atoms with van der Waals surface area (Å²) >= 11 is 12.3. The Morgan fingerprint density at radius 1 is 1.14 bits per heavy atom. The van der Waals surface area contributed by atoms with Crippen LogP contribution in [0, 0.1) is 0 Å². The molecule has 0 aromatic heterocycles. The van der Waals surface area contributed by atoms with Crippen molar-refractivity contribution >= 4 is 23.2 Å². The molecule has 1 unspecified atom stereocenters. The molecule has 0 amide bonds. The van der Waals surface area contributed by atoms with Crippen molar-refractivity contribution in [3.8, 4) is 5.75 Å². The topological polar surface area (TPSA) is 21.3 Å². The van der Waals surface area contributed by atoms with Gasteiger partial charge in [0, 0.05) is 23.0 Å². The van der Waals surface area contributed by atoms with E-state index in [9.17, 15) is 0 Å². The Kier molecular flexibility index (Phi) is 5.51. The average Bonchev–Trinajstić information content (AvgIpc) is 2.53. The highest BCUT2D eigenvalue weighted by Crippen LogP contribution is 2.26. The maximum Gasteiger partial charge on any atom is 0.123 e. The number of alkyl halides is 1. The maximum absolute atomic E-state index is 6.19. The lowest BCUT2D eigenvalue weighted by atomic mass is 9.93. The molecule has 0 spiro atoms. The number of rotatable bonds is 6. The normalized spacial score (nSPS) is 13.7. The van der Waals surface area contributed by atoms with Crippen molar-refractivity contribution in [2.75, 3.05) is 13.0 Å². The van der Waals surface area contributed by atoms with Crippen molar-refractivity contribution in [3.05, 3.63) is 64.7 Å². The Bertz CT molecular complexity index is 589. The first-order valence-electron chi connectivity index (χ1n) is 6.78. The quantitative estimate of drug-likeness (QED) is 0.785. The summed E-state index contributed by atoms with van der Waals surface area (Å²) < 4.78 is 5.37. The monoisotopic (exact) mass is 323 g/mol. The zero-order valence-corrected chi connectivity index (χ0v) is 13.7. The Hall–Kier alpha value is -1.22. The van der Waals surface area contributed by atoms with Gasteiger partial charge in [-0.15, -0.1) is 11.6 Å². The van der Waals surface area contributed by atoms with E-state index in [4.69, 9.17) is 27.9 Å². The fourth-order valence-electron chi connectivity index (χ4n) is 2.21. The van der Waals surface area contributed by atoms with Crippen LogP contribution in [0.15, 0.2) is 48.5 Å². The SMILES string of the molecule is COc1ccc(Cl)cc1CNC(C)(CCl)c1ccccc1. The van der Waals surface area contributed by atoms with Crippen LogP contribution in [0.25, 0.3) is 0 Å². The molecule has 1 N–H and O–H groups in total. The number of hydrogen-bond donors (Lipinski definition) is 1. The van der Waals surface area contributed by atoms with E-state index in [1.54, 1.807) is 7.11 Å². The van der Waals surface area contributed by atoms with E-state index in [0.717, 1.165) is 16.9 Å². The summed E-state index contributed by atoms with van der Waals surface area (Å²) in [5, 5.41) is 4.20. The second kappa shape index (κ2) is 7.17. The molecule has 0 bridgehead atoms. The first kappa shape index (κ1) is 16.2. The molecule has 0 saturated carbocycles. The Labute approximate surface area is 136 Å². The van der Waals surface area contributed by atoms with E-state index in [1.807, 2.05) is 36.4 Å². The third-order valence-electron chi connectivity index (χ3n) is 3.59. The molecule has 0 fully saturated rings. The van der Waals surface area contributed by atoms with Gasteiger partial charge in [0.2, 0.25) is 0 Å². The summed E-state index contributed by atoms with van der Waals surface area (Å²) in [4.78, 5) is 0. The van der Waals surface area contributed by atoms with Gasteiger partial charge >= 0.3 is 0 Å². The third-order valence-corrected chi connectivity index (χ3v) is 4.36. The van der Waals surface area contributed by atoms with Gasteiger partial charge in [0.15, 0.2) is 0 Å². The highest BCUT2D eigenvalue weighted by Gasteiger charge is 2.25. The summed E-state index contributed by atoms with van der Waals surface area (Å²) in [5.41, 5.74) is 1.86. The van der Waals surface area contributed by atoms with Crippen molar-refractivity contribution in [2.45, 2.75) is 19.0 Å². The van der Waals surface area contributed by atoms with Gasteiger partial charge in [-0.2, -0.15) is 0 Å². The van der Waals surface area contributed by atoms with E-state index in [0.29, 0.717) is 17.4 Å². The molecule has 2 nitrogen and oxygen atoms in total. The lowest BCUT2D eigenvalue weighted by molar-refractivity contribution is 0.384. The lowest BCUT2D eigenvalue weighted by Gasteiger charge is -2.30. The van der Waals surface area contributed by atoms with Crippen LogP contribution in [-0.4, -0.2) is 13.0 Å². The molecule has 1 atom stereocenters. The Morgan fingerprint density at radius 2 is 1.86 bits per heavy atom. The number of hydrogen-bond acceptors (Lipinski definition) is 2. The number of halogens is 2. The van der Waals surface area contributed by atoms with Crippen LogP contribution in [0.1, 0.15) is 18.1 Å². The fraction of sp³-hybridized carbons (Fsp3) is 0.294. The first-order valence-corrected chi connectivity index (χ1v) is 7.69. The minimum atomic E-state index is -0.309. The van der Waals surface area contributed by atoms with Crippen molar-refractivity contribution in [2.24, 2.45) is 0 Å². The van der Waals surface area contributed by atoms with Gasteiger partial charge in [-0.25, -0.2) is 0 Å². The highest BCUT2D eigenvalue weighted by molar-refractivity contribution is 6.30. The molecule has 0 heterocycles. The molecule has 2 aromatic carbocycles. The standard InChI is InChI=1S/C17H19Cl2NO/c1-17(12-18,14-6-4-3-5-7-14)20-11-13-10-15(19)8-9-16(13)21-2/h3-10,20H,11-12H2,1-2H3. The van der Waals surface area contributed by atoms with Gasteiger partial charge in [0.05, 0.1) is 12.6 Å². The lowest BCUT2D eigenvalue weighted by Crippen LogP contribution is -2.40. The van der Waals surface area contributed by atoms with E-state index in [-0.39, 0.29) is 5.54 Å². The zero-order valence-electron chi connectivity index (χ0n) is 12.2. The summed E-state index contributed by atoms with van der Waals surface area (Å²) in [5.74, 6) is 1.29. The molecule has 21 heavy (non-hydrogen) atoms. The van der Waals surface area contributed by atoms with E-state index in [1.165, 1.54) is 0 Å². The largest absolute Gasteiger partial charge is 0.496 e. The molecule has 0 aliphatic carbocycles. The Balaban J connectivity index is 2.19. The first-order chi connectivity index (χ1) is 10.1. The molecule has 112 valence electrons. The summed E-state index contributed by atoms with van der Waals surface area (Å²) in [6.07, 6.45) is 0. The summed E-state index contributed by atoms with van der Waals surface area (Å²) in [6.45, 7) is 2.72. The Morgan fingerprint density at radius 3 is 2.48 bits per heavy atom. The van der Waals surface area contributed by atoms with E-state index >= 15 is 0 Å². The van der Waals surface area contributed by atoms with Gasteiger partial charge in [-0.1, -0.05) is 41.9 Å². The molecular formula is C17H19Cl2NO. The minimum Gasteiger partial charge on any atom is -0.496 e. The fourth-order valence-corrected chi connectivity index (χ4v) is 2.65. The van der Waals surface area contributed by atoms with Crippen LogP contribution in [0.2, 0.25) is 5.02 Å². The molecule has 0 saturated heterocycles. The van der Waals surface area contributed by atoms with Gasteiger partial charge in [-0.05, 0) is 30.7 Å². The molecule has 0 radical (unpaired) electrons. The second-order valence-electron chi connectivity index (χ2n) is 5.14. The van der Waals surface area contributed by atoms with Gasteiger partial charge < -0.3 is 10.1 Å². The zero-order chi connectivity index (χ0) is 15.3. The van der Waals surface area contributed by atoms with Crippen LogP contribution in [0.5, 0.6) is 5.75 Å². The average molecular weight is 324 g/mol. The summed E-state index contributed by atoms with van der Waals surface area (Å²) in [6, 6.07) is 15.8. The third kappa shape index (κ3) is 3.91. The number of ether oxygens (including phenoxy) is 1. The smallest absolute Gasteiger partial charge is 0.123 e. The van der Waals surface area contributed by atoms with E-state index in [2.05, 4.69) is 24.4 Å². The molecule has 2 rings (SSSR count). The molecular weight excluding hydrogens is 305 g/mol. The van der Waals surface area contributed by atoms with Crippen molar-refractivity contribution in [3.63, 3.8) is 0 Å². The van der Waals surface area contributed by atoms with Crippen molar-refractivity contribution in [1.29, 1.82) is 0 Å². The number of nitrogens with one attached hydrogen (secondary N) is 1. The predicted molar refractivity (Wildman–Crippen MR) is 89.4 cm³/mol. The van der Waals surface area contributed by atoms with Crippen molar-refractivity contribution in [1.82, 2.24) is 5.32 Å². The van der Waals surface area contributed by atoms with Crippen molar-refractivity contribution < 1.29 is 4.74 Å². The van der Waals surface area contributed by atoms with Crippen LogP contribution >= 0.6 is 23.2 Å². The van der Waals surface area contributed by atoms with Crippen LogP contribution in [0.3, 0.4) is 0 Å². The highest BCUT2D eigenvalue weighted by atomic mass is 35.5. The maximum atomic E-state index is 6.19. The van der Waals surface area contributed by atoms with Gasteiger partial charge in [-0.3, -0.25) is 0 Å². The number of benzene rings is 2.